The summed E-state index contributed by atoms with van der Waals surface area (Å²) < 4.78 is 0. The van der Waals surface area contributed by atoms with Crippen molar-refractivity contribution in [3.05, 3.63) is 58.9 Å². The summed E-state index contributed by atoms with van der Waals surface area (Å²) in [6.07, 6.45) is 4.86. The molecule has 1 atom stereocenters. The number of rotatable bonds is 3. The Balaban J connectivity index is 2.00. The quantitative estimate of drug-likeness (QED) is 0.924. The lowest BCUT2D eigenvalue weighted by Gasteiger charge is -2.37. The van der Waals surface area contributed by atoms with Gasteiger partial charge < -0.3 is 10.2 Å². The Morgan fingerprint density at radius 1 is 1.22 bits per heavy atom. The zero-order chi connectivity index (χ0) is 16.4. The van der Waals surface area contributed by atoms with Gasteiger partial charge in [-0.15, -0.1) is 0 Å². The predicted octanol–water partition coefficient (Wildman–Crippen LogP) is 4.16. The van der Waals surface area contributed by atoms with Gasteiger partial charge in [0.05, 0.1) is 6.04 Å². The van der Waals surface area contributed by atoms with E-state index in [4.69, 9.17) is 4.98 Å². The second-order valence-electron chi connectivity index (χ2n) is 6.04. The van der Waals surface area contributed by atoms with E-state index in [0.29, 0.717) is 12.0 Å². The number of hydrogen-bond acceptors (Lipinski definition) is 4. The maximum atomic E-state index is 4.77. The standard InChI is InChI=1S/C19H24N4/c1-5-11-20-19-21-14(3)13(2)18(22-19)23-12-10-16-8-6-7-9-17(16)15(23)4/h5-9,11,15H,10,12H2,1-4H3,(H,20,21,22). The molecule has 2 aromatic rings. The van der Waals surface area contributed by atoms with Crippen LogP contribution in [0.2, 0.25) is 0 Å². The lowest BCUT2D eigenvalue weighted by molar-refractivity contribution is 0.614. The molecule has 0 spiro atoms. The van der Waals surface area contributed by atoms with Crippen molar-refractivity contribution in [1.82, 2.24) is 9.97 Å². The van der Waals surface area contributed by atoms with E-state index in [2.05, 4.69) is 53.3 Å². The van der Waals surface area contributed by atoms with Gasteiger partial charge in [0.1, 0.15) is 5.82 Å². The third-order valence-electron chi connectivity index (χ3n) is 4.61. The molecule has 1 unspecified atom stereocenters. The van der Waals surface area contributed by atoms with Gasteiger partial charge >= 0.3 is 0 Å². The zero-order valence-corrected chi connectivity index (χ0v) is 14.3. The van der Waals surface area contributed by atoms with Crippen molar-refractivity contribution < 1.29 is 0 Å². The van der Waals surface area contributed by atoms with Crippen molar-refractivity contribution in [3.8, 4) is 0 Å². The molecular weight excluding hydrogens is 284 g/mol. The number of fused-ring (bicyclic) bond motifs is 1. The van der Waals surface area contributed by atoms with Gasteiger partial charge in [-0.05, 0) is 51.4 Å². The summed E-state index contributed by atoms with van der Waals surface area (Å²) in [6, 6.07) is 9.04. The summed E-state index contributed by atoms with van der Waals surface area (Å²) in [5.41, 5.74) is 5.03. The van der Waals surface area contributed by atoms with Crippen LogP contribution >= 0.6 is 0 Å². The first-order valence-electron chi connectivity index (χ1n) is 8.19. The molecule has 1 aromatic heterocycles. The molecule has 4 heteroatoms. The van der Waals surface area contributed by atoms with E-state index in [-0.39, 0.29) is 0 Å². The van der Waals surface area contributed by atoms with Gasteiger partial charge in [-0.2, -0.15) is 4.98 Å². The Labute approximate surface area is 138 Å². The molecule has 0 saturated heterocycles. The first kappa shape index (κ1) is 15.5. The molecule has 0 amide bonds. The van der Waals surface area contributed by atoms with Gasteiger partial charge in [-0.3, -0.25) is 0 Å². The van der Waals surface area contributed by atoms with Crippen molar-refractivity contribution in [2.75, 3.05) is 16.8 Å². The first-order valence-corrected chi connectivity index (χ1v) is 8.19. The molecular formula is C19H24N4. The van der Waals surface area contributed by atoms with Crippen LogP contribution in [0.4, 0.5) is 11.8 Å². The highest BCUT2D eigenvalue weighted by atomic mass is 15.2. The molecule has 0 saturated carbocycles. The number of hydrogen-bond donors (Lipinski definition) is 1. The summed E-state index contributed by atoms with van der Waals surface area (Å²) in [5, 5.41) is 3.15. The Kier molecular flexibility index (Phi) is 4.33. The highest BCUT2D eigenvalue weighted by Crippen LogP contribution is 2.34. The van der Waals surface area contributed by atoms with Gasteiger partial charge in [-0.25, -0.2) is 4.98 Å². The van der Waals surface area contributed by atoms with E-state index < -0.39 is 0 Å². The molecule has 120 valence electrons. The van der Waals surface area contributed by atoms with Crippen LogP contribution in [-0.4, -0.2) is 16.5 Å². The molecule has 4 nitrogen and oxygen atoms in total. The molecule has 1 aliphatic rings. The van der Waals surface area contributed by atoms with E-state index in [1.807, 2.05) is 26.1 Å². The van der Waals surface area contributed by atoms with Crippen LogP contribution in [0.25, 0.3) is 0 Å². The molecule has 0 bridgehead atoms. The summed E-state index contributed by atoms with van der Waals surface area (Å²) in [4.78, 5) is 11.7. The fourth-order valence-electron chi connectivity index (χ4n) is 3.18. The molecule has 1 aliphatic heterocycles. The van der Waals surface area contributed by atoms with E-state index in [1.54, 1.807) is 0 Å². The highest BCUT2D eigenvalue weighted by Gasteiger charge is 2.26. The third-order valence-corrected chi connectivity index (χ3v) is 4.61. The van der Waals surface area contributed by atoms with E-state index in [1.165, 1.54) is 11.1 Å². The lowest BCUT2D eigenvalue weighted by Crippen LogP contribution is -2.35. The van der Waals surface area contributed by atoms with Crippen LogP contribution in [0, 0.1) is 13.8 Å². The van der Waals surface area contributed by atoms with Gasteiger partial charge in [0.25, 0.3) is 0 Å². The van der Waals surface area contributed by atoms with Crippen LogP contribution in [0.5, 0.6) is 0 Å². The molecule has 0 radical (unpaired) electrons. The van der Waals surface area contributed by atoms with E-state index in [0.717, 1.165) is 30.0 Å². The van der Waals surface area contributed by atoms with E-state index >= 15 is 0 Å². The molecule has 0 fully saturated rings. The minimum Gasteiger partial charge on any atom is -0.349 e. The van der Waals surface area contributed by atoms with Crippen molar-refractivity contribution >= 4 is 11.8 Å². The summed E-state index contributed by atoms with van der Waals surface area (Å²) >= 11 is 0. The first-order chi connectivity index (χ1) is 11.1. The van der Waals surface area contributed by atoms with Crippen LogP contribution in [0.15, 0.2) is 36.5 Å². The Bertz CT molecular complexity index is 736. The summed E-state index contributed by atoms with van der Waals surface area (Å²) in [5.74, 6) is 1.69. The number of benzene rings is 1. The highest BCUT2D eigenvalue weighted by molar-refractivity contribution is 5.55. The molecule has 2 heterocycles. The van der Waals surface area contributed by atoms with Crippen molar-refractivity contribution in [2.45, 2.75) is 40.2 Å². The number of anilines is 2. The van der Waals surface area contributed by atoms with Crippen LogP contribution in [0.3, 0.4) is 0 Å². The predicted molar refractivity (Wildman–Crippen MR) is 95.8 cm³/mol. The van der Waals surface area contributed by atoms with Crippen LogP contribution in [0.1, 0.15) is 42.3 Å². The van der Waals surface area contributed by atoms with Gasteiger partial charge in [0.15, 0.2) is 0 Å². The smallest absolute Gasteiger partial charge is 0.228 e. The average Bonchev–Trinajstić information content (AvgIpc) is 2.57. The Morgan fingerprint density at radius 3 is 2.78 bits per heavy atom. The van der Waals surface area contributed by atoms with E-state index in [9.17, 15) is 0 Å². The summed E-state index contributed by atoms with van der Waals surface area (Å²) in [7, 11) is 0. The SMILES string of the molecule is CC=CNc1nc(C)c(C)c(N2CCc3ccccc3C2C)n1. The summed E-state index contributed by atoms with van der Waals surface area (Å²) in [6.45, 7) is 9.37. The van der Waals surface area contributed by atoms with Gasteiger partial charge in [0, 0.05) is 17.8 Å². The molecule has 23 heavy (non-hydrogen) atoms. The topological polar surface area (TPSA) is 41.1 Å². The normalized spacial score (nSPS) is 17.4. The largest absolute Gasteiger partial charge is 0.349 e. The second kappa shape index (κ2) is 6.41. The number of nitrogens with one attached hydrogen (secondary N) is 1. The lowest BCUT2D eigenvalue weighted by atomic mass is 9.93. The number of aromatic nitrogens is 2. The minimum absolute atomic E-state index is 0.322. The molecule has 1 N–H and O–H groups in total. The maximum Gasteiger partial charge on any atom is 0.228 e. The fraction of sp³-hybridized carbons (Fsp3) is 0.368. The third kappa shape index (κ3) is 2.93. The van der Waals surface area contributed by atoms with Gasteiger partial charge in [0.2, 0.25) is 5.95 Å². The number of aryl methyl sites for hydroxylation is 1. The number of nitrogens with zero attached hydrogens (tertiary/aromatic N) is 3. The second-order valence-corrected chi connectivity index (χ2v) is 6.04. The van der Waals surface area contributed by atoms with Gasteiger partial charge in [-0.1, -0.05) is 30.3 Å². The zero-order valence-electron chi connectivity index (χ0n) is 14.3. The monoisotopic (exact) mass is 308 g/mol. The van der Waals surface area contributed by atoms with Crippen molar-refractivity contribution in [1.29, 1.82) is 0 Å². The maximum absolute atomic E-state index is 4.77. The number of allylic oxidation sites excluding steroid dienone is 1. The Hall–Kier alpha value is -2.36. The van der Waals surface area contributed by atoms with Crippen molar-refractivity contribution in [2.24, 2.45) is 0 Å². The Morgan fingerprint density at radius 2 is 2.00 bits per heavy atom. The molecule has 1 aromatic carbocycles. The molecule has 0 aliphatic carbocycles. The van der Waals surface area contributed by atoms with Crippen LogP contribution in [-0.2, 0) is 6.42 Å². The molecule has 3 rings (SSSR count). The minimum atomic E-state index is 0.322. The fourth-order valence-corrected chi connectivity index (χ4v) is 3.18. The van der Waals surface area contributed by atoms with Crippen molar-refractivity contribution in [3.63, 3.8) is 0 Å². The van der Waals surface area contributed by atoms with Crippen LogP contribution < -0.4 is 10.2 Å². The average molecular weight is 308 g/mol.